The fourth-order valence-corrected chi connectivity index (χ4v) is 17.4. The van der Waals surface area contributed by atoms with Gasteiger partial charge in [-0.05, 0) is 275 Å². The Morgan fingerprint density at radius 1 is 0.254 bits per heavy atom. The molecule has 0 atom stereocenters. The van der Waals surface area contributed by atoms with Gasteiger partial charge in [-0.15, -0.1) is 0 Å². The molecule has 0 aliphatic rings. The highest BCUT2D eigenvalue weighted by Gasteiger charge is 2.25. The maximum absolute atomic E-state index is 3.99. The molecule has 138 heavy (non-hydrogen) atoms. The third kappa shape index (κ3) is 34.3. The molecule has 0 aliphatic heterocycles. The summed E-state index contributed by atoms with van der Waals surface area (Å²) in [7, 11) is 0. The molecule has 0 unspecified atom stereocenters. The summed E-state index contributed by atoms with van der Waals surface area (Å²) < 4.78 is 27.0. The molecular formula is C126H170N12+6. The second-order valence-electron chi connectivity index (χ2n) is 42.7. The molecule has 8 aromatic carbocycles. The molecule has 0 fully saturated rings. The first-order chi connectivity index (χ1) is 65.9. The zero-order valence-corrected chi connectivity index (χ0v) is 88.9. The van der Waals surface area contributed by atoms with Gasteiger partial charge in [0.2, 0.25) is 38.0 Å². The normalized spacial score (nSPS) is 11.3. The van der Waals surface area contributed by atoms with E-state index in [0.717, 1.165) is 117 Å². The molecular weight excluding hydrogens is 1680 g/mol. The lowest BCUT2D eigenvalue weighted by atomic mass is 10.0. The first-order valence-electron chi connectivity index (χ1n) is 51.1. The average molecular weight is 1850 g/mol. The van der Waals surface area contributed by atoms with Crippen LogP contribution in [-0.2, 0) is 77.8 Å². The minimum absolute atomic E-state index is 0.584. The van der Waals surface area contributed by atoms with E-state index in [0.29, 0.717) is 71.0 Å². The molecule has 0 N–H and O–H groups in total. The lowest BCUT2D eigenvalue weighted by Crippen LogP contribution is -2.37. The molecule has 14 aromatic rings. The molecule has 0 spiro atoms. The minimum Gasteiger partial charge on any atom is -0.236 e. The Labute approximate surface area is 833 Å². The first kappa shape index (κ1) is 109. The van der Waals surface area contributed by atoms with Crippen LogP contribution in [0.3, 0.4) is 0 Å². The summed E-state index contributed by atoms with van der Waals surface area (Å²) in [5, 5.41) is 0. The van der Waals surface area contributed by atoms with Gasteiger partial charge in [0.1, 0.15) is 71.3 Å². The number of rotatable bonds is 38. The highest BCUT2D eigenvalue weighted by molar-refractivity contribution is 5.65. The predicted molar refractivity (Wildman–Crippen MR) is 587 cm³/mol. The zero-order chi connectivity index (χ0) is 100. The van der Waals surface area contributed by atoms with Crippen molar-refractivity contribution in [2.24, 2.45) is 71.0 Å². The van der Waals surface area contributed by atoms with E-state index in [-0.39, 0.29) is 0 Å². The largest absolute Gasteiger partial charge is 0.249 e. The first-order valence-corrected chi connectivity index (χ1v) is 51.1. The summed E-state index contributed by atoms with van der Waals surface area (Å²) in [6.45, 7) is 83.6. The summed E-state index contributed by atoms with van der Waals surface area (Å²) in [6, 6.07) is 70.6. The molecule has 6 aromatic heterocycles. The van der Waals surface area contributed by atoms with E-state index in [1.54, 1.807) is 0 Å². The van der Waals surface area contributed by atoms with Crippen molar-refractivity contribution in [3.05, 3.63) is 376 Å². The van der Waals surface area contributed by atoms with Crippen LogP contribution in [-0.4, -0.2) is 27.4 Å². The molecule has 728 valence electrons. The van der Waals surface area contributed by atoms with Crippen molar-refractivity contribution >= 4 is 36.5 Å². The zero-order valence-electron chi connectivity index (χ0n) is 88.9. The van der Waals surface area contributed by atoms with Gasteiger partial charge >= 0.3 is 0 Å². The van der Waals surface area contributed by atoms with Crippen molar-refractivity contribution in [1.82, 2.24) is 27.4 Å². The molecule has 0 radical (unpaired) electrons. The number of hydrogen-bond donors (Lipinski definition) is 0. The van der Waals surface area contributed by atoms with Crippen molar-refractivity contribution in [2.75, 3.05) is 0 Å². The van der Waals surface area contributed by atoms with E-state index >= 15 is 0 Å². The second-order valence-corrected chi connectivity index (χ2v) is 42.7. The summed E-state index contributed by atoms with van der Waals surface area (Å²) in [5.41, 5.74) is 27.3. The number of benzene rings is 8. The molecule has 12 nitrogen and oxygen atoms in total. The van der Waals surface area contributed by atoms with E-state index in [4.69, 9.17) is 0 Å². The molecule has 0 saturated heterocycles. The van der Waals surface area contributed by atoms with Gasteiger partial charge in [-0.2, -0.15) is 13.7 Å². The number of nitrogens with zero attached hydrogens (tertiary/aromatic N) is 12. The average Bonchev–Trinajstić information content (AvgIpc) is 1.65. The summed E-state index contributed by atoms with van der Waals surface area (Å²) >= 11 is 0. The van der Waals surface area contributed by atoms with Crippen LogP contribution in [0.25, 0.3) is 93.1 Å². The summed E-state index contributed by atoms with van der Waals surface area (Å²) in [5.74, 6) is 7.85. The Kier molecular flexibility index (Phi) is 42.7. The van der Waals surface area contributed by atoms with Crippen molar-refractivity contribution in [3.63, 3.8) is 0 Å². The number of hydrogen-bond acceptors (Lipinski definition) is 0. The van der Waals surface area contributed by atoms with E-state index in [1.165, 1.54) is 84.3 Å². The molecule has 12 heteroatoms. The van der Waals surface area contributed by atoms with Crippen molar-refractivity contribution in [1.29, 1.82) is 0 Å². The smallest absolute Gasteiger partial charge is 0.236 e. The van der Waals surface area contributed by atoms with Crippen LogP contribution in [0.15, 0.2) is 309 Å². The van der Waals surface area contributed by atoms with Crippen LogP contribution in [0.5, 0.6) is 0 Å². The van der Waals surface area contributed by atoms with Gasteiger partial charge in [-0.25, -0.2) is 41.1 Å². The Bertz CT molecular complexity index is 6030. The minimum atomic E-state index is 0.584. The maximum Gasteiger partial charge on any atom is 0.249 e. The molecule has 0 bridgehead atoms. The molecule has 6 heterocycles. The predicted octanol–water partition coefficient (Wildman–Crippen LogP) is 28.9. The van der Waals surface area contributed by atoms with E-state index in [2.05, 4.69) is 530 Å². The van der Waals surface area contributed by atoms with Crippen LogP contribution in [0.1, 0.15) is 233 Å². The highest BCUT2D eigenvalue weighted by atomic mass is 15.2. The fourth-order valence-electron chi connectivity index (χ4n) is 17.4. The Morgan fingerprint density at radius 3 is 0.957 bits per heavy atom. The van der Waals surface area contributed by atoms with Crippen LogP contribution in [0.2, 0.25) is 0 Å². The lowest BCUT2D eigenvalue weighted by molar-refractivity contribution is -0.703. The standard InChI is InChI=1S/2C25H31N2.C21H29N2.2C19H27N2.C17H25N2/c1-6-21-7-11-23(12-8-21)25-17-26(18-27(25)16-20(4)5)24-13-9-22(10-14-24)15-19(2)3;1-6-21-7-11-23(12-8-21)25-17-26(16-20(4)5)18-27(25)24-13-9-22(10-14-24)15-19(2)3;1-7-20-21(8-2)23(15-22(20)14-17(5)6)19-11-9-18(10-12-19)13-16(3)4;1-6-18-13-21(14-20(18)12-16(4)5)19-9-7-17(8-10-19)11-15(2)3;1-6-18-13-20(12-16(4)5)14-21(18)19-9-7-17(8-10-19)11-15(2)3;1-14(2)11-16-5-7-17(8-6-16)19-10-9-18(13-19)12-15(3)4/h2*6-14,17-20H,1,15-16H2,2-5H3;7-12,15-17H,1-2,13-14H2,3-6H3;2*6-10,13-16H,1,11-12H2,2-5H3;5-10,13-15H,11-12H2,1-4H3/q6*+1. The fraction of sp³-hybridized carbons (Fsp3) is 0.381. The lowest BCUT2D eigenvalue weighted by Gasteiger charge is -2.06. The van der Waals surface area contributed by atoms with Gasteiger partial charge < -0.3 is 0 Å². The van der Waals surface area contributed by atoms with Crippen LogP contribution in [0, 0.1) is 71.0 Å². The second kappa shape index (κ2) is 54.0. The maximum atomic E-state index is 3.99. The third-order valence-corrected chi connectivity index (χ3v) is 23.4. The van der Waals surface area contributed by atoms with Crippen molar-refractivity contribution in [3.8, 4) is 56.6 Å². The van der Waals surface area contributed by atoms with Gasteiger partial charge in [-0.3, -0.25) is 0 Å². The third-order valence-electron chi connectivity index (χ3n) is 23.4. The van der Waals surface area contributed by atoms with Crippen LogP contribution >= 0.6 is 0 Å². The molecule has 0 aliphatic carbocycles. The van der Waals surface area contributed by atoms with Gasteiger partial charge in [0.15, 0.2) is 34.2 Å². The Hall–Kier alpha value is -12.5. The van der Waals surface area contributed by atoms with E-state index in [1.807, 2.05) is 36.5 Å². The molecule has 14 rings (SSSR count). The van der Waals surface area contributed by atoms with Gasteiger partial charge in [-0.1, -0.05) is 315 Å². The number of imidazole rings is 6. The monoisotopic (exact) mass is 1850 g/mol. The van der Waals surface area contributed by atoms with Gasteiger partial charge in [0.05, 0.1) is 39.3 Å². The van der Waals surface area contributed by atoms with Gasteiger partial charge in [0.25, 0.3) is 0 Å². The van der Waals surface area contributed by atoms with Crippen LogP contribution in [0.4, 0.5) is 0 Å². The summed E-state index contributed by atoms with van der Waals surface area (Å²) in [6.07, 6.45) is 44.4. The van der Waals surface area contributed by atoms with Crippen molar-refractivity contribution in [2.45, 2.75) is 244 Å². The SMILES string of the molecule is C=Cc1c(C=C)[n+](CC(C)C)cn1-c1ccc(CC(C)C)cc1.C=Cc1c[n+](CC(C)C)cn1-c1ccc(CC(C)C)cc1.C=Cc1ccc(-c2c[n+](CC(C)C)cn2-c2ccc(CC(C)C)cc2)cc1.C=Cc1ccc(-c2cn(-c3ccc(CC(C)C)cc3)c[n+]2CC(C)C)cc1.C=Cc1cn(-c2ccc(CC(C)C)cc2)c[n+]1CC(C)C.CC(C)Cc1ccc(-n2cc[n+](CC(C)C)c2)cc1. The highest BCUT2D eigenvalue weighted by Crippen LogP contribution is 2.28. The Balaban J connectivity index is 0.000000186. The topological polar surface area (TPSA) is 52.9 Å². The van der Waals surface area contributed by atoms with Crippen LogP contribution < -0.4 is 27.4 Å². The van der Waals surface area contributed by atoms with E-state index < -0.39 is 0 Å². The quantitative estimate of drug-likeness (QED) is 0.0346. The Morgan fingerprint density at radius 2 is 0.587 bits per heavy atom. The molecule has 0 amide bonds. The van der Waals surface area contributed by atoms with E-state index in [9.17, 15) is 0 Å². The number of aromatic nitrogens is 12. The van der Waals surface area contributed by atoms with Gasteiger partial charge in [0, 0.05) is 11.1 Å². The van der Waals surface area contributed by atoms with Crippen molar-refractivity contribution < 1.29 is 27.4 Å². The summed E-state index contributed by atoms with van der Waals surface area (Å²) in [4.78, 5) is 0. The molecule has 0 saturated carbocycles.